The normalized spacial score (nSPS) is 11.4. The maximum absolute atomic E-state index is 5.34. The van der Waals surface area contributed by atoms with Gasteiger partial charge in [0.15, 0.2) is 0 Å². The molecule has 136 valence electrons. The molecule has 0 atom stereocenters. The molecule has 1 N–H and O–H groups in total. The lowest BCUT2D eigenvalue weighted by molar-refractivity contribution is 0.415. The Balaban J connectivity index is 1.96. The van der Waals surface area contributed by atoms with Gasteiger partial charge in [-0.15, -0.1) is 0 Å². The quantitative estimate of drug-likeness (QED) is 0.757. The fourth-order valence-corrected chi connectivity index (χ4v) is 2.81. The topological polar surface area (TPSA) is 24.5 Å². The van der Waals surface area contributed by atoms with E-state index < -0.39 is 0 Å². The lowest BCUT2D eigenvalue weighted by atomic mass is 10.1. The van der Waals surface area contributed by atoms with Gasteiger partial charge in [0, 0.05) is 30.4 Å². The van der Waals surface area contributed by atoms with Crippen molar-refractivity contribution in [3.05, 3.63) is 59.7 Å². The molecule has 2 rings (SSSR count). The van der Waals surface area contributed by atoms with Gasteiger partial charge in [-0.05, 0) is 63.9 Å². The van der Waals surface area contributed by atoms with Gasteiger partial charge in [-0.2, -0.15) is 0 Å². The minimum Gasteiger partial charge on any atom is -0.497 e. The Hall–Kier alpha value is -2.00. The van der Waals surface area contributed by atoms with Gasteiger partial charge in [-0.25, -0.2) is 0 Å². The summed E-state index contributed by atoms with van der Waals surface area (Å²) < 4.78 is 5.34. The summed E-state index contributed by atoms with van der Waals surface area (Å²) in [5, 5.41) is 3.54. The summed E-state index contributed by atoms with van der Waals surface area (Å²) in [4.78, 5) is 2.36. The van der Waals surface area contributed by atoms with E-state index in [2.05, 4.69) is 74.3 Å². The fourth-order valence-electron chi connectivity index (χ4n) is 2.81. The van der Waals surface area contributed by atoms with Crippen molar-refractivity contribution in [2.45, 2.75) is 46.2 Å². The molecule has 0 saturated carbocycles. The van der Waals surface area contributed by atoms with Crippen molar-refractivity contribution >= 4 is 5.69 Å². The van der Waals surface area contributed by atoms with Crippen LogP contribution in [0.5, 0.6) is 5.75 Å². The zero-order valence-electron chi connectivity index (χ0n) is 16.3. The molecule has 0 amide bonds. The maximum atomic E-state index is 5.34. The molecule has 2 aromatic rings. The number of ether oxygens (including phenoxy) is 1. The first kappa shape index (κ1) is 19.3. The Kier molecular flexibility index (Phi) is 6.89. The number of nitrogens with zero attached hydrogens (tertiary/aromatic N) is 1. The van der Waals surface area contributed by atoms with Crippen LogP contribution >= 0.6 is 0 Å². The van der Waals surface area contributed by atoms with E-state index >= 15 is 0 Å². The number of methoxy groups -OCH3 is 1. The monoisotopic (exact) mass is 340 g/mol. The molecule has 3 heteroatoms. The number of anilines is 1. The molecular weight excluding hydrogens is 308 g/mol. The van der Waals surface area contributed by atoms with Crippen LogP contribution in [-0.2, 0) is 13.0 Å². The van der Waals surface area contributed by atoms with E-state index in [0.29, 0.717) is 0 Å². The third-order valence-electron chi connectivity index (χ3n) is 4.27. The van der Waals surface area contributed by atoms with Crippen molar-refractivity contribution in [1.29, 1.82) is 0 Å². The third kappa shape index (κ3) is 6.43. The van der Waals surface area contributed by atoms with Gasteiger partial charge in [-0.3, -0.25) is 0 Å². The molecule has 0 heterocycles. The standard InChI is InChI=1S/C22H32N2O/c1-6-24(20-8-7-9-21(16-20)25-5)17-19-12-10-18(11-13-19)14-15-23-22(2,3)4/h7-13,16,23H,6,14-15,17H2,1-5H3. The molecule has 2 aromatic carbocycles. The van der Waals surface area contributed by atoms with E-state index in [-0.39, 0.29) is 5.54 Å². The summed E-state index contributed by atoms with van der Waals surface area (Å²) in [6, 6.07) is 17.2. The molecule has 0 unspecified atom stereocenters. The highest BCUT2D eigenvalue weighted by Crippen LogP contribution is 2.22. The van der Waals surface area contributed by atoms with Gasteiger partial charge < -0.3 is 15.0 Å². The van der Waals surface area contributed by atoms with E-state index in [1.54, 1.807) is 7.11 Å². The van der Waals surface area contributed by atoms with E-state index in [4.69, 9.17) is 4.74 Å². The molecule has 0 radical (unpaired) electrons. The zero-order chi connectivity index (χ0) is 18.3. The number of hydrogen-bond acceptors (Lipinski definition) is 3. The Morgan fingerprint density at radius 2 is 1.68 bits per heavy atom. The molecule has 0 fully saturated rings. The maximum Gasteiger partial charge on any atom is 0.120 e. The SMILES string of the molecule is CCN(Cc1ccc(CCNC(C)(C)C)cc1)c1cccc(OC)c1. The first-order chi connectivity index (χ1) is 11.9. The fraction of sp³-hybridized carbons (Fsp3) is 0.455. The van der Waals surface area contributed by atoms with Gasteiger partial charge in [0.2, 0.25) is 0 Å². The first-order valence-corrected chi connectivity index (χ1v) is 9.13. The Morgan fingerprint density at radius 3 is 2.28 bits per heavy atom. The highest BCUT2D eigenvalue weighted by Gasteiger charge is 2.09. The molecule has 0 aliphatic heterocycles. The molecule has 0 aliphatic rings. The van der Waals surface area contributed by atoms with Gasteiger partial charge in [-0.1, -0.05) is 30.3 Å². The van der Waals surface area contributed by atoms with Crippen LogP contribution in [0.1, 0.15) is 38.8 Å². The van der Waals surface area contributed by atoms with E-state index in [1.165, 1.54) is 16.8 Å². The molecule has 25 heavy (non-hydrogen) atoms. The molecule has 0 bridgehead atoms. The smallest absolute Gasteiger partial charge is 0.120 e. The summed E-state index contributed by atoms with van der Waals surface area (Å²) in [5.74, 6) is 0.901. The van der Waals surface area contributed by atoms with Crippen LogP contribution in [0.3, 0.4) is 0 Å². The number of rotatable bonds is 8. The van der Waals surface area contributed by atoms with E-state index in [9.17, 15) is 0 Å². The van der Waals surface area contributed by atoms with Crippen LogP contribution in [0.4, 0.5) is 5.69 Å². The molecular formula is C22H32N2O. The van der Waals surface area contributed by atoms with Crippen molar-refractivity contribution in [1.82, 2.24) is 5.32 Å². The lowest BCUT2D eigenvalue weighted by Crippen LogP contribution is -2.37. The predicted molar refractivity (Wildman–Crippen MR) is 108 cm³/mol. The van der Waals surface area contributed by atoms with E-state index in [1.807, 2.05) is 12.1 Å². The number of benzene rings is 2. The molecule has 0 aliphatic carbocycles. The Morgan fingerprint density at radius 1 is 1.00 bits per heavy atom. The Bertz CT molecular complexity index is 644. The van der Waals surface area contributed by atoms with Gasteiger partial charge >= 0.3 is 0 Å². The lowest BCUT2D eigenvalue weighted by Gasteiger charge is -2.24. The second kappa shape index (κ2) is 8.91. The van der Waals surface area contributed by atoms with Gasteiger partial charge in [0.05, 0.1) is 7.11 Å². The summed E-state index contributed by atoms with van der Waals surface area (Å²) >= 11 is 0. The van der Waals surface area contributed by atoms with Crippen molar-refractivity contribution in [3.63, 3.8) is 0 Å². The second-order valence-electron chi connectivity index (χ2n) is 7.46. The van der Waals surface area contributed by atoms with E-state index in [0.717, 1.165) is 31.8 Å². The predicted octanol–water partition coefficient (Wildman–Crippen LogP) is 4.65. The average Bonchev–Trinajstić information content (AvgIpc) is 2.60. The van der Waals surface area contributed by atoms with Crippen LogP contribution in [0.25, 0.3) is 0 Å². The molecule has 0 spiro atoms. The first-order valence-electron chi connectivity index (χ1n) is 9.13. The van der Waals surface area contributed by atoms with Crippen molar-refractivity contribution < 1.29 is 4.74 Å². The summed E-state index contributed by atoms with van der Waals surface area (Å²) in [6.07, 6.45) is 1.06. The average molecular weight is 341 g/mol. The largest absolute Gasteiger partial charge is 0.497 e. The summed E-state index contributed by atoms with van der Waals surface area (Å²) in [5.41, 5.74) is 4.08. The van der Waals surface area contributed by atoms with Crippen LogP contribution in [-0.4, -0.2) is 25.7 Å². The second-order valence-corrected chi connectivity index (χ2v) is 7.46. The van der Waals surface area contributed by atoms with Crippen molar-refractivity contribution in [3.8, 4) is 5.75 Å². The summed E-state index contributed by atoms with van der Waals surface area (Å²) in [6.45, 7) is 11.7. The van der Waals surface area contributed by atoms with Crippen LogP contribution in [0, 0.1) is 0 Å². The minimum atomic E-state index is 0.179. The van der Waals surface area contributed by atoms with Crippen LogP contribution < -0.4 is 15.0 Å². The van der Waals surface area contributed by atoms with Crippen LogP contribution in [0.15, 0.2) is 48.5 Å². The summed E-state index contributed by atoms with van der Waals surface area (Å²) in [7, 11) is 1.71. The van der Waals surface area contributed by atoms with Crippen molar-refractivity contribution in [2.75, 3.05) is 25.1 Å². The molecule has 3 nitrogen and oxygen atoms in total. The van der Waals surface area contributed by atoms with Crippen molar-refractivity contribution in [2.24, 2.45) is 0 Å². The Labute approximate surface area is 153 Å². The van der Waals surface area contributed by atoms with Crippen LogP contribution in [0.2, 0.25) is 0 Å². The van der Waals surface area contributed by atoms with Gasteiger partial charge in [0.1, 0.15) is 5.75 Å². The number of hydrogen-bond donors (Lipinski definition) is 1. The molecule has 0 aromatic heterocycles. The number of nitrogens with one attached hydrogen (secondary N) is 1. The third-order valence-corrected chi connectivity index (χ3v) is 4.27. The highest BCUT2D eigenvalue weighted by atomic mass is 16.5. The zero-order valence-corrected chi connectivity index (χ0v) is 16.3. The minimum absolute atomic E-state index is 0.179. The van der Waals surface area contributed by atoms with Gasteiger partial charge in [0.25, 0.3) is 0 Å². The molecule has 0 saturated heterocycles. The highest BCUT2D eigenvalue weighted by molar-refractivity contribution is 5.51.